The molecule has 4 rings (SSSR count). The lowest BCUT2D eigenvalue weighted by molar-refractivity contribution is -0.123. The Balaban J connectivity index is 1.61. The fourth-order valence-electron chi connectivity index (χ4n) is 3.95. The Labute approximate surface area is 136 Å². The Kier molecular flexibility index (Phi) is 3.51. The largest absolute Gasteiger partial charge is 0.496 e. The quantitative estimate of drug-likeness (QED) is 0.927. The molecule has 1 aliphatic carbocycles. The third-order valence-electron chi connectivity index (χ3n) is 5.36. The van der Waals surface area contributed by atoms with Crippen molar-refractivity contribution in [2.45, 2.75) is 37.6 Å². The van der Waals surface area contributed by atoms with Gasteiger partial charge in [0, 0.05) is 18.7 Å². The number of fused-ring (bicyclic) bond motifs is 1. The van der Waals surface area contributed by atoms with Crippen molar-refractivity contribution < 1.29 is 14.3 Å². The Bertz CT molecular complexity index is 654. The highest BCUT2D eigenvalue weighted by Crippen LogP contribution is 2.44. The monoisotopic (exact) mass is 314 g/mol. The number of benzene rings is 1. The average molecular weight is 314 g/mol. The molecule has 0 spiro atoms. The molecule has 122 valence electrons. The van der Waals surface area contributed by atoms with Crippen LogP contribution in [-0.2, 0) is 4.79 Å². The predicted octanol–water partition coefficient (Wildman–Crippen LogP) is 1.92. The minimum absolute atomic E-state index is 0.00947. The lowest BCUT2D eigenvalue weighted by Crippen LogP contribution is -2.48. The standard InChI is InChI=1S/C18H22N2O3/c1-23-16-7-6-12(9-14(16)11-4-5-11)18(22)20-8-2-3-13-15(20)10-19-17(13)21/h6-7,9,11,13,15H,2-5,8,10H2,1H3,(H,19,21)/t13-,15-/m1/s1. The summed E-state index contributed by atoms with van der Waals surface area (Å²) in [5.41, 5.74) is 1.86. The van der Waals surface area contributed by atoms with Gasteiger partial charge in [-0.3, -0.25) is 9.59 Å². The normalized spacial score (nSPS) is 26.7. The van der Waals surface area contributed by atoms with Crippen molar-refractivity contribution in [3.8, 4) is 5.75 Å². The van der Waals surface area contributed by atoms with Crippen molar-refractivity contribution in [3.63, 3.8) is 0 Å². The number of methoxy groups -OCH3 is 1. The molecule has 1 aromatic carbocycles. The van der Waals surface area contributed by atoms with Crippen LogP contribution in [0.25, 0.3) is 0 Å². The molecule has 0 bridgehead atoms. The summed E-state index contributed by atoms with van der Waals surface area (Å²) in [6, 6.07) is 5.75. The van der Waals surface area contributed by atoms with Crippen LogP contribution in [0.15, 0.2) is 18.2 Å². The van der Waals surface area contributed by atoms with Gasteiger partial charge in [-0.1, -0.05) is 0 Å². The zero-order valence-corrected chi connectivity index (χ0v) is 13.4. The van der Waals surface area contributed by atoms with E-state index in [1.807, 2.05) is 23.1 Å². The van der Waals surface area contributed by atoms with Crippen molar-refractivity contribution in [2.24, 2.45) is 5.92 Å². The van der Waals surface area contributed by atoms with Gasteiger partial charge in [0.1, 0.15) is 5.75 Å². The van der Waals surface area contributed by atoms with E-state index >= 15 is 0 Å². The van der Waals surface area contributed by atoms with Gasteiger partial charge in [0.05, 0.1) is 19.1 Å². The van der Waals surface area contributed by atoms with E-state index in [0.29, 0.717) is 18.0 Å². The molecule has 1 saturated carbocycles. The van der Waals surface area contributed by atoms with Gasteiger partial charge in [-0.15, -0.1) is 0 Å². The molecule has 1 N–H and O–H groups in total. The minimum atomic E-state index is -0.0335. The summed E-state index contributed by atoms with van der Waals surface area (Å²) in [5.74, 6) is 1.51. The second kappa shape index (κ2) is 5.55. The minimum Gasteiger partial charge on any atom is -0.496 e. The third-order valence-corrected chi connectivity index (χ3v) is 5.36. The summed E-state index contributed by atoms with van der Waals surface area (Å²) in [7, 11) is 1.67. The molecule has 2 amide bonds. The van der Waals surface area contributed by atoms with E-state index in [1.165, 1.54) is 12.8 Å². The van der Waals surface area contributed by atoms with Crippen LogP contribution in [0.5, 0.6) is 5.75 Å². The number of nitrogens with one attached hydrogen (secondary N) is 1. The summed E-state index contributed by atoms with van der Waals surface area (Å²) in [6.07, 6.45) is 4.11. The first-order valence-electron chi connectivity index (χ1n) is 8.45. The molecule has 1 aromatic rings. The first kappa shape index (κ1) is 14.5. The number of carbonyl (C=O) groups excluding carboxylic acids is 2. The number of nitrogens with zero attached hydrogens (tertiary/aromatic N) is 1. The summed E-state index contributed by atoms with van der Waals surface area (Å²) < 4.78 is 5.43. The van der Waals surface area contributed by atoms with E-state index in [2.05, 4.69) is 5.32 Å². The van der Waals surface area contributed by atoms with E-state index in [4.69, 9.17) is 4.74 Å². The third kappa shape index (κ3) is 2.48. The fourth-order valence-corrected chi connectivity index (χ4v) is 3.95. The second-order valence-corrected chi connectivity index (χ2v) is 6.79. The highest BCUT2D eigenvalue weighted by molar-refractivity contribution is 5.96. The van der Waals surface area contributed by atoms with Crippen LogP contribution < -0.4 is 10.1 Å². The maximum atomic E-state index is 13.0. The molecule has 2 saturated heterocycles. The highest BCUT2D eigenvalue weighted by Gasteiger charge is 2.42. The van der Waals surface area contributed by atoms with Crippen molar-refractivity contribution in [2.75, 3.05) is 20.2 Å². The number of hydrogen-bond acceptors (Lipinski definition) is 3. The van der Waals surface area contributed by atoms with Gasteiger partial charge in [-0.05, 0) is 55.4 Å². The number of likely N-dealkylation sites (tertiary alicyclic amines) is 1. The van der Waals surface area contributed by atoms with Crippen LogP contribution in [-0.4, -0.2) is 43.0 Å². The van der Waals surface area contributed by atoms with Crippen LogP contribution in [0.1, 0.15) is 47.5 Å². The number of ether oxygens (including phenoxy) is 1. The zero-order chi connectivity index (χ0) is 16.0. The van der Waals surface area contributed by atoms with Gasteiger partial charge in [0.2, 0.25) is 5.91 Å². The average Bonchev–Trinajstić information content (AvgIpc) is 3.37. The molecular weight excluding hydrogens is 292 g/mol. The molecule has 5 nitrogen and oxygen atoms in total. The molecule has 3 fully saturated rings. The molecule has 2 aliphatic heterocycles. The molecule has 2 heterocycles. The van der Waals surface area contributed by atoms with Crippen LogP contribution in [0, 0.1) is 5.92 Å². The van der Waals surface area contributed by atoms with Crippen molar-refractivity contribution in [1.29, 1.82) is 0 Å². The predicted molar refractivity (Wildman–Crippen MR) is 85.5 cm³/mol. The van der Waals surface area contributed by atoms with Crippen molar-refractivity contribution in [1.82, 2.24) is 10.2 Å². The smallest absolute Gasteiger partial charge is 0.254 e. The Morgan fingerprint density at radius 2 is 2.13 bits per heavy atom. The Hall–Kier alpha value is -2.04. The molecular formula is C18H22N2O3. The van der Waals surface area contributed by atoms with E-state index in [0.717, 1.165) is 30.7 Å². The van der Waals surface area contributed by atoms with Gasteiger partial charge in [-0.25, -0.2) is 0 Å². The molecule has 2 atom stereocenters. The molecule has 0 aromatic heterocycles. The first-order chi connectivity index (χ1) is 11.2. The zero-order valence-electron chi connectivity index (χ0n) is 13.4. The molecule has 0 radical (unpaired) electrons. The van der Waals surface area contributed by atoms with Crippen LogP contribution in [0.2, 0.25) is 0 Å². The Morgan fingerprint density at radius 1 is 1.30 bits per heavy atom. The van der Waals surface area contributed by atoms with E-state index < -0.39 is 0 Å². The Morgan fingerprint density at radius 3 is 2.87 bits per heavy atom. The summed E-state index contributed by atoms with van der Waals surface area (Å²) in [4.78, 5) is 26.8. The topological polar surface area (TPSA) is 58.6 Å². The van der Waals surface area contributed by atoms with Gasteiger partial charge >= 0.3 is 0 Å². The maximum Gasteiger partial charge on any atom is 0.254 e. The summed E-state index contributed by atoms with van der Waals surface area (Å²) in [5, 5.41) is 2.90. The van der Waals surface area contributed by atoms with Gasteiger partial charge in [0.25, 0.3) is 5.91 Å². The van der Waals surface area contributed by atoms with Crippen LogP contribution in [0.4, 0.5) is 0 Å². The van der Waals surface area contributed by atoms with Crippen LogP contribution in [0.3, 0.4) is 0 Å². The lowest BCUT2D eigenvalue weighted by Gasteiger charge is -2.36. The number of rotatable bonds is 3. The molecule has 3 aliphatic rings. The van der Waals surface area contributed by atoms with Crippen molar-refractivity contribution >= 4 is 11.8 Å². The number of carbonyl (C=O) groups is 2. The van der Waals surface area contributed by atoms with E-state index in [9.17, 15) is 9.59 Å². The van der Waals surface area contributed by atoms with Crippen molar-refractivity contribution in [3.05, 3.63) is 29.3 Å². The molecule has 5 heteroatoms. The number of amides is 2. The van der Waals surface area contributed by atoms with E-state index in [-0.39, 0.29) is 23.8 Å². The van der Waals surface area contributed by atoms with Gasteiger partial charge in [-0.2, -0.15) is 0 Å². The summed E-state index contributed by atoms with van der Waals surface area (Å²) in [6.45, 7) is 1.32. The summed E-state index contributed by atoms with van der Waals surface area (Å²) >= 11 is 0. The van der Waals surface area contributed by atoms with Gasteiger partial charge < -0.3 is 15.0 Å². The molecule has 0 unspecified atom stereocenters. The fraction of sp³-hybridized carbons (Fsp3) is 0.556. The maximum absolute atomic E-state index is 13.0. The van der Waals surface area contributed by atoms with Crippen LogP contribution >= 0.6 is 0 Å². The second-order valence-electron chi connectivity index (χ2n) is 6.79. The number of hydrogen-bond donors (Lipinski definition) is 1. The van der Waals surface area contributed by atoms with Gasteiger partial charge in [0.15, 0.2) is 0 Å². The van der Waals surface area contributed by atoms with E-state index in [1.54, 1.807) is 7.11 Å². The molecule has 23 heavy (non-hydrogen) atoms. The number of piperidine rings is 1. The lowest BCUT2D eigenvalue weighted by atomic mass is 9.90. The highest BCUT2D eigenvalue weighted by atomic mass is 16.5. The first-order valence-corrected chi connectivity index (χ1v) is 8.45. The SMILES string of the molecule is COc1ccc(C(=O)N2CCC[C@H]3C(=O)NC[C@H]32)cc1C1CC1.